The van der Waals surface area contributed by atoms with Gasteiger partial charge in [0.2, 0.25) is 0 Å². The van der Waals surface area contributed by atoms with Crippen LogP contribution in [0, 0.1) is 5.82 Å². The third kappa shape index (κ3) is 2.48. The van der Waals surface area contributed by atoms with Gasteiger partial charge in [-0.05, 0) is 44.0 Å². The highest BCUT2D eigenvalue weighted by Gasteiger charge is 2.28. The van der Waals surface area contributed by atoms with Crippen LogP contribution in [0.15, 0.2) is 33.9 Å². The average Bonchev–Trinajstić information content (AvgIpc) is 2.99. The Morgan fingerprint density at radius 1 is 1.26 bits per heavy atom. The van der Waals surface area contributed by atoms with E-state index in [1.54, 1.807) is 6.92 Å². The number of benzene rings is 1. The normalized spacial score (nSPS) is 13.0. The molecule has 1 aromatic carbocycles. The number of rotatable bonds is 3. The van der Waals surface area contributed by atoms with E-state index in [1.165, 1.54) is 16.7 Å². The second-order valence-electron chi connectivity index (χ2n) is 5.20. The maximum absolute atomic E-state index is 13.1. The number of fused-ring (bicyclic) bond motifs is 1. The number of carbonyl (C=O) groups excluding carboxylic acids is 1. The highest BCUT2D eigenvalue weighted by Crippen LogP contribution is 2.16. The number of esters is 1. The van der Waals surface area contributed by atoms with E-state index in [2.05, 4.69) is 0 Å². The molecule has 0 unspecified atom stereocenters. The summed E-state index contributed by atoms with van der Waals surface area (Å²) in [6.45, 7) is 2.21. The SMILES string of the molecule is CCOC(=O)c1c2n(c(=O)n(-c3ccc(F)cc3)c1=O)CCC2. The Bertz CT molecular complexity index is 881. The summed E-state index contributed by atoms with van der Waals surface area (Å²) in [4.78, 5) is 37.4. The molecule has 2 aromatic rings. The number of nitrogens with zero attached hydrogens (tertiary/aromatic N) is 2. The van der Waals surface area contributed by atoms with Gasteiger partial charge in [0.05, 0.1) is 12.3 Å². The summed E-state index contributed by atoms with van der Waals surface area (Å²) in [5.41, 5.74) is -0.741. The van der Waals surface area contributed by atoms with E-state index < -0.39 is 23.0 Å². The molecule has 1 aromatic heterocycles. The zero-order valence-corrected chi connectivity index (χ0v) is 12.5. The molecule has 0 spiro atoms. The molecular weight excluding hydrogens is 303 g/mol. The number of halogens is 1. The van der Waals surface area contributed by atoms with E-state index >= 15 is 0 Å². The van der Waals surface area contributed by atoms with Crippen LogP contribution in [-0.4, -0.2) is 21.7 Å². The third-order valence-corrected chi connectivity index (χ3v) is 3.81. The van der Waals surface area contributed by atoms with Crippen molar-refractivity contribution in [2.75, 3.05) is 6.61 Å². The van der Waals surface area contributed by atoms with E-state index in [1.807, 2.05) is 0 Å². The lowest BCUT2D eigenvalue weighted by Crippen LogP contribution is -2.42. The second kappa shape index (κ2) is 5.83. The third-order valence-electron chi connectivity index (χ3n) is 3.81. The van der Waals surface area contributed by atoms with Gasteiger partial charge in [0.25, 0.3) is 5.56 Å². The zero-order chi connectivity index (χ0) is 16.6. The summed E-state index contributed by atoms with van der Waals surface area (Å²) in [5, 5.41) is 0. The molecule has 0 aliphatic carbocycles. The summed E-state index contributed by atoms with van der Waals surface area (Å²) in [6, 6.07) is 4.97. The number of hydrogen-bond acceptors (Lipinski definition) is 4. The van der Waals surface area contributed by atoms with Crippen LogP contribution in [0.4, 0.5) is 4.39 Å². The first-order chi connectivity index (χ1) is 11.0. The topological polar surface area (TPSA) is 70.3 Å². The van der Waals surface area contributed by atoms with Crippen molar-refractivity contribution in [3.63, 3.8) is 0 Å². The molecule has 0 radical (unpaired) electrons. The summed E-state index contributed by atoms with van der Waals surface area (Å²) < 4.78 is 20.3. The maximum atomic E-state index is 13.1. The van der Waals surface area contributed by atoms with Gasteiger partial charge in [-0.1, -0.05) is 0 Å². The van der Waals surface area contributed by atoms with Crippen molar-refractivity contribution < 1.29 is 13.9 Å². The Morgan fingerprint density at radius 3 is 2.61 bits per heavy atom. The maximum Gasteiger partial charge on any atom is 0.345 e. The summed E-state index contributed by atoms with van der Waals surface area (Å²) >= 11 is 0. The molecule has 6 nitrogen and oxygen atoms in total. The van der Waals surface area contributed by atoms with Gasteiger partial charge in [-0.3, -0.25) is 9.36 Å². The molecule has 0 saturated carbocycles. The molecule has 7 heteroatoms. The molecule has 0 atom stereocenters. The van der Waals surface area contributed by atoms with Crippen LogP contribution >= 0.6 is 0 Å². The standard InChI is InChI=1S/C16H15FN2O4/c1-2-23-15(21)13-12-4-3-9-18(12)16(22)19(14(13)20)11-7-5-10(17)6-8-11/h5-8H,2-4,9H2,1H3. The van der Waals surface area contributed by atoms with E-state index in [-0.39, 0.29) is 17.9 Å². The van der Waals surface area contributed by atoms with Gasteiger partial charge in [0.1, 0.15) is 11.4 Å². The predicted molar refractivity (Wildman–Crippen MR) is 80.5 cm³/mol. The van der Waals surface area contributed by atoms with Crippen LogP contribution in [0.1, 0.15) is 29.4 Å². The number of hydrogen-bond donors (Lipinski definition) is 0. The van der Waals surface area contributed by atoms with E-state index in [9.17, 15) is 18.8 Å². The van der Waals surface area contributed by atoms with Gasteiger partial charge in [0.15, 0.2) is 0 Å². The molecule has 0 N–H and O–H groups in total. The molecule has 2 heterocycles. The fourth-order valence-corrected chi connectivity index (χ4v) is 2.81. The van der Waals surface area contributed by atoms with E-state index in [0.717, 1.165) is 16.7 Å². The van der Waals surface area contributed by atoms with Crippen LogP contribution in [0.3, 0.4) is 0 Å². The van der Waals surface area contributed by atoms with Crippen LogP contribution < -0.4 is 11.2 Å². The first-order valence-corrected chi connectivity index (χ1v) is 7.36. The second-order valence-corrected chi connectivity index (χ2v) is 5.20. The molecule has 0 fully saturated rings. The van der Waals surface area contributed by atoms with E-state index in [4.69, 9.17) is 4.74 Å². The van der Waals surface area contributed by atoms with Crippen LogP contribution in [0.2, 0.25) is 0 Å². The average molecular weight is 318 g/mol. The van der Waals surface area contributed by atoms with Gasteiger partial charge in [-0.25, -0.2) is 18.5 Å². The lowest BCUT2D eigenvalue weighted by molar-refractivity contribution is 0.0521. The molecule has 23 heavy (non-hydrogen) atoms. The first kappa shape index (κ1) is 15.2. The lowest BCUT2D eigenvalue weighted by atomic mass is 10.1. The fourth-order valence-electron chi connectivity index (χ4n) is 2.81. The summed E-state index contributed by atoms with van der Waals surface area (Å²) in [5.74, 6) is -1.22. The molecule has 1 aliphatic heterocycles. The van der Waals surface area contributed by atoms with Crippen molar-refractivity contribution in [3.8, 4) is 5.69 Å². The molecular formula is C16H15FN2O4. The summed E-state index contributed by atoms with van der Waals surface area (Å²) in [6.07, 6.45) is 1.15. The van der Waals surface area contributed by atoms with Crippen molar-refractivity contribution in [3.05, 3.63) is 62.2 Å². The molecule has 0 saturated heterocycles. The smallest absolute Gasteiger partial charge is 0.345 e. The zero-order valence-electron chi connectivity index (χ0n) is 12.5. The van der Waals surface area contributed by atoms with Gasteiger partial charge in [-0.2, -0.15) is 0 Å². The van der Waals surface area contributed by atoms with Crippen molar-refractivity contribution in [1.29, 1.82) is 0 Å². The molecule has 0 amide bonds. The van der Waals surface area contributed by atoms with Gasteiger partial charge >= 0.3 is 11.7 Å². The Hall–Kier alpha value is -2.70. The van der Waals surface area contributed by atoms with Crippen molar-refractivity contribution in [2.24, 2.45) is 0 Å². The van der Waals surface area contributed by atoms with Crippen LogP contribution in [0.5, 0.6) is 0 Å². The van der Waals surface area contributed by atoms with E-state index in [0.29, 0.717) is 25.1 Å². The molecule has 3 rings (SSSR count). The largest absolute Gasteiger partial charge is 0.462 e. The predicted octanol–water partition coefficient (Wildman–Crippen LogP) is 1.26. The number of aromatic nitrogens is 2. The molecule has 0 bridgehead atoms. The Kier molecular flexibility index (Phi) is 3.85. The van der Waals surface area contributed by atoms with Crippen LogP contribution in [0.25, 0.3) is 5.69 Å². The highest BCUT2D eigenvalue weighted by atomic mass is 19.1. The highest BCUT2D eigenvalue weighted by molar-refractivity contribution is 5.90. The van der Waals surface area contributed by atoms with Crippen molar-refractivity contribution in [1.82, 2.24) is 9.13 Å². The first-order valence-electron chi connectivity index (χ1n) is 7.36. The molecule has 120 valence electrons. The lowest BCUT2D eigenvalue weighted by Gasteiger charge is -2.13. The van der Waals surface area contributed by atoms with Gasteiger partial charge in [0, 0.05) is 12.2 Å². The minimum absolute atomic E-state index is 0.117. The minimum atomic E-state index is -0.737. The Morgan fingerprint density at radius 2 is 1.96 bits per heavy atom. The Labute approximate surface area is 130 Å². The quantitative estimate of drug-likeness (QED) is 0.799. The summed E-state index contributed by atoms with van der Waals surface area (Å²) in [7, 11) is 0. The van der Waals surface area contributed by atoms with Gasteiger partial charge in [-0.15, -0.1) is 0 Å². The number of carbonyl (C=O) groups is 1. The minimum Gasteiger partial charge on any atom is -0.462 e. The van der Waals surface area contributed by atoms with Crippen molar-refractivity contribution >= 4 is 5.97 Å². The molecule has 1 aliphatic rings. The van der Waals surface area contributed by atoms with Gasteiger partial charge < -0.3 is 4.74 Å². The van der Waals surface area contributed by atoms with Crippen LogP contribution in [-0.2, 0) is 17.7 Å². The number of ether oxygens (including phenoxy) is 1. The fraction of sp³-hybridized carbons (Fsp3) is 0.312. The monoisotopic (exact) mass is 318 g/mol. The Balaban J connectivity index is 2.31. The van der Waals surface area contributed by atoms with Crippen molar-refractivity contribution in [2.45, 2.75) is 26.3 Å².